The quantitative estimate of drug-likeness (QED) is 0.634. The largest absolute Gasteiger partial charge is 0.480 e. The topological polar surface area (TPSA) is 81.6 Å². The van der Waals surface area contributed by atoms with E-state index in [9.17, 15) is 15.0 Å². The van der Waals surface area contributed by atoms with Crippen LogP contribution >= 0.6 is 12.4 Å². The Labute approximate surface area is 142 Å². The highest BCUT2D eigenvalue weighted by molar-refractivity contribution is 5.85. The van der Waals surface area contributed by atoms with Crippen molar-refractivity contribution in [3.8, 4) is 0 Å². The van der Waals surface area contributed by atoms with Gasteiger partial charge in [-0.2, -0.15) is 0 Å². The van der Waals surface area contributed by atoms with Crippen LogP contribution in [0.2, 0.25) is 0 Å². The molecule has 2 fully saturated rings. The highest BCUT2D eigenvalue weighted by Crippen LogP contribution is 2.33. The molecule has 23 heavy (non-hydrogen) atoms. The van der Waals surface area contributed by atoms with Gasteiger partial charge < -0.3 is 15.5 Å². The fraction of sp³-hybridized carbons (Fsp3) is 0.588. The van der Waals surface area contributed by atoms with Crippen molar-refractivity contribution >= 4 is 18.4 Å². The van der Waals surface area contributed by atoms with Gasteiger partial charge in [0, 0.05) is 12.1 Å². The first kappa shape index (κ1) is 18.2. The van der Waals surface area contributed by atoms with Gasteiger partial charge in [0.1, 0.15) is 6.04 Å². The molecule has 128 valence electrons. The number of aliphatic hydroxyl groups is 1. The first-order valence-corrected chi connectivity index (χ1v) is 8.08. The average molecular weight is 341 g/mol. The van der Waals surface area contributed by atoms with Crippen LogP contribution in [0, 0.1) is 5.92 Å². The van der Waals surface area contributed by atoms with E-state index in [1.165, 1.54) is 0 Å². The molecule has 1 aromatic rings. The molecule has 0 spiro atoms. The minimum atomic E-state index is -0.819. The molecule has 2 saturated heterocycles. The van der Waals surface area contributed by atoms with Crippen molar-refractivity contribution < 1.29 is 15.0 Å². The van der Waals surface area contributed by atoms with E-state index in [0.29, 0.717) is 12.1 Å². The van der Waals surface area contributed by atoms with Crippen molar-refractivity contribution in [2.45, 2.75) is 49.9 Å². The van der Waals surface area contributed by atoms with E-state index in [-0.39, 0.29) is 31.0 Å². The van der Waals surface area contributed by atoms with Gasteiger partial charge >= 0.3 is 5.97 Å². The van der Waals surface area contributed by atoms with Crippen LogP contribution in [0.1, 0.15) is 37.3 Å². The summed E-state index contributed by atoms with van der Waals surface area (Å²) < 4.78 is 0. The number of nitrogens with one attached hydrogen (secondary N) is 2. The van der Waals surface area contributed by atoms with Gasteiger partial charge in [-0.15, -0.1) is 12.4 Å². The standard InChI is InChI=1S/C17H24N2O3.ClH/c20-10-15(11-4-2-1-3-5-11)19-16(17(21)22)12-8-13-6-7-14(9-12)18-13;/h1-5,12-16,18-20H,6-10H2,(H,21,22);1H/t12?,13?,14?,15-,16-;/m0./s1. The van der Waals surface area contributed by atoms with Crippen LogP contribution in [-0.2, 0) is 4.79 Å². The second kappa shape index (κ2) is 8.11. The molecule has 2 aliphatic heterocycles. The highest BCUT2D eigenvalue weighted by Gasteiger charge is 2.40. The summed E-state index contributed by atoms with van der Waals surface area (Å²) in [5.74, 6) is -0.699. The fourth-order valence-corrected chi connectivity index (χ4v) is 3.94. The third kappa shape index (κ3) is 4.23. The monoisotopic (exact) mass is 340 g/mol. The van der Waals surface area contributed by atoms with Crippen LogP contribution in [0.25, 0.3) is 0 Å². The Kier molecular flexibility index (Phi) is 6.41. The molecule has 0 aliphatic carbocycles. The Morgan fingerprint density at radius 2 is 1.83 bits per heavy atom. The molecule has 2 bridgehead atoms. The van der Waals surface area contributed by atoms with Gasteiger partial charge in [0.05, 0.1) is 12.6 Å². The first-order chi connectivity index (χ1) is 10.7. The maximum Gasteiger partial charge on any atom is 0.321 e. The van der Waals surface area contributed by atoms with Crippen LogP contribution in [0.3, 0.4) is 0 Å². The summed E-state index contributed by atoms with van der Waals surface area (Å²) in [5.41, 5.74) is 0.924. The zero-order chi connectivity index (χ0) is 15.5. The molecule has 6 heteroatoms. The number of rotatable bonds is 6. The third-order valence-electron chi connectivity index (χ3n) is 5.01. The molecule has 2 heterocycles. The Morgan fingerprint density at radius 1 is 1.22 bits per heavy atom. The van der Waals surface area contributed by atoms with Crippen LogP contribution in [0.4, 0.5) is 0 Å². The van der Waals surface area contributed by atoms with E-state index in [1.54, 1.807) is 0 Å². The van der Waals surface area contributed by atoms with Gasteiger partial charge in [-0.05, 0) is 37.2 Å². The number of carboxylic acids is 1. The van der Waals surface area contributed by atoms with Gasteiger partial charge in [-0.1, -0.05) is 30.3 Å². The smallest absolute Gasteiger partial charge is 0.321 e. The molecular weight excluding hydrogens is 316 g/mol. The lowest BCUT2D eigenvalue weighted by Gasteiger charge is -2.35. The van der Waals surface area contributed by atoms with Crippen molar-refractivity contribution in [1.82, 2.24) is 10.6 Å². The number of fused-ring (bicyclic) bond motifs is 2. The minimum Gasteiger partial charge on any atom is -0.480 e. The molecule has 0 aromatic heterocycles. The number of benzene rings is 1. The van der Waals surface area contributed by atoms with Crippen LogP contribution in [0.5, 0.6) is 0 Å². The second-order valence-corrected chi connectivity index (χ2v) is 6.50. The molecule has 0 radical (unpaired) electrons. The van der Waals surface area contributed by atoms with E-state index < -0.39 is 12.0 Å². The molecule has 5 nitrogen and oxygen atoms in total. The predicted molar refractivity (Wildman–Crippen MR) is 90.7 cm³/mol. The third-order valence-corrected chi connectivity index (χ3v) is 5.01. The lowest BCUT2D eigenvalue weighted by Crippen LogP contribution is -2.51. The van der Waals surface area contributed by atoms with Gasteiger partial charge in [0.25, 0.3) is 0 Å². The molecule has 4 atom stereocenters. The Balaban J connectivity index is 0.00000192. The van der Waals surface area contributed by atoms with Crippen LogP contribution in [0.15, 0.2) is 30.3 Å². The van der Waals surface area contributed by atoms with E-state index in [4.69, 9.17) is 0 Å². The van der Waals surface area contributed by atoms with Crippen molar-refractivity contribution in [3.05, 3.63) is 35.9 Å². The Bertz CT molecular complexity index is 502. The number of aliphatic carboxylic acids is 1. The second-order valence-electron chi connectivity index (χ2n) is 6.50. The molecule has 2 aliphatic rings. The zero-order valence-electron chi connectivity index (χ0n) is 13.0. The van der Waals surface area contributed by atoms with Crippen LogP contribution in [-0.4, -0.2) is 40.9 Å². The highest BCUT2D eigenvalue weighted by atomic mass is 35.5. The number of hydrogen-bond donors (Lipinski definition) is 4. The van der Waals surface area contributed by atoms with Gasteiger partial charge in [-0.25, -0.2) is 0 Å². The summed E-state index contributed by atoms with van der Waals surface area (Å²) in [7, 11) is 0. The SMILES string of the molecule is Cl.O=C(O)[C@@H](N[C@@H](CO)c1ccccc1)C1CC2CCC(C1)N2. The van der Waals surface area contributed by atoms with Gasteiger partial charge in [0.15, 0.2) is 0 Å². The summed E-state index contributed by atoms with van der Waals surface area (Å²) in [4.78, 5) is 11.8. The summed E-state index contributed by atoms with van der Waals surface area (Å²) in [6, 6.07) is 9.51. The maximum absolute atomic E-state index is 11.8. The lowest BCUT2D eigenvalue weighted by molar-refractivity contribution is -0.141. The number of halogens is 1. The van der Waals surface area contributed by atoms with Crippen molar-refractivity contribution in [3.63, 3.8) is 0 Å². The molecule has 0 amide bonds. The zero-order valence-corrected chi connectivity index (χ0v) is 13.8. The number of carbonyl (C=O) groups is 1. The molecule has 2 unspecified atom stereocenters. The van der Waals surface area contributed by atoms with Crippen molar-refractivity contribution in [2.24, 2.45) is 5.92 Å². The number of aliphatic hydroxyl groups excluding tert-OH is 1. The summed E-state index contributed by atoms with van der Waals surface area (Å²) >= 11 is 0. The van der Waals surface area contributed by atoms with E-state index >= 15 is 0 Å². The molecule has 1 aromatic carbocycles. The van der Waals surface area contributed by atoms with E-state index in [1.807, 2.05) is 30.3 Å². The predicted octanol–water partition coefficient (Wildman–Crippen LogP) is 1.72. The summed E-state index contributed by atoms with van der Waals surface area (Å²) in [6.07, 6.45) is 4.09. The maximum atomic E-state index is 11.8. The first-order valence-electron chi connectivity index (χ1n) is 8.08. The fourth-order valence-electron chi connectivity index (χ4n) is 3.94. The van der Waals surface area contributed by atoms with Gasteiger partial charge in [0.2, 0.25) is 0 Å². The number of piperidine rings is 1. The normalized spacial score (nSPS) is 28.7. The van der Waals surface area contributed by atoms with Crippen molar-refractivity contribution in [1.29, 1.82) is 0 Å². The molecule has 3 rings (SSSR count). The summed E-state index contributed by atoms with van der Waals surface area (Å²) in [5, 5.41) is 26.0. The Hall–Kier alpha value is -1.14. The average Bonchev–Trinajstić information content (AvgIpc) is 2.87. The van der Waals surface area contributed by atoms with Crippen LogP contribution < -0.4 is 10.6 Å². The molecule has 4 N–H and O–H groups in total. The lowest BCUT2D eigenvalue weighted by atomic mass is 9.85. The minimum absolute atomic E-state index is 0. The van der Waals surface area contributed by atoms with E-state index in [0.717, 1.165) is 31.2 Å². The summed E-state index contributed by atoms with van der Waals surface area (Å²) in [6.45, 7) is -0.106. The van der Waals surface area contributed by atoms with Gasteiger partial charge in [-0.3, -0.25) is 10.1 Å². The van der Waals surface area contributed by atoms with E-state index in [2.05, 4.69) is 10.6 Å². The Morgan fingerprint density at radius 3 is 2.35 bits per heavy atom. The molecule has 0 saturated carbocycles. The number of carboxylic acid groups (broad SMARTS) is 1. The number of hydrogen-bond acceptors (Lipinski definition) is 4. The van der Waals surface area contributed by atoms with Crippen molar-refractivity contribution in [2.75, 3.05) is 6.61 Å². The molecular formula is C17H25ClN2O3.